The fraction of sp³-hybridized carbons (Fsp3) is 0.727. The molecule has 0 saturated heterocycles. The maximum absolute atomic E-state index is 15.2. The predicted molar refractivity (Wildman–Crippen MR) is 98.8 cm³/mol. The molecular formula is C22H28F2O4. The molecule has 0 aromatic heterocycles. The maximum Gasteiger partial charge on any atom is 0.196 e. The standard InChI is InChI=1S/C22H28F2O4/c1-11-6-14-13-8-16(24)15-7-12(25)4-5-20(15,2)19(13)17(26)9-21(14,3)22(11,28)18(27)10-23/h4-5,7,11,13-14,16-17,19,26,28H,6,8-10H2,1-3H3/t11-,13-,14-,16-,17-,19+,20-,21-,22-/m0/s1. The van der Waals surface area contributed by atoms with Crippen LogP contribution in [0.4, 0.5) is 8.78 Å². The number of hydrogen-bond donors (Lipinski definition) is 2. The third-order valence-corrected chi connectivity index (χ3v) is 8.60. The summed E-state index contributed by atoms with van der Waals surface area (Å²) in [6.45, 7) is 4.08. The van der Waals surface area contributed by atoms with E-state index in [0.717, 1.165) is 0 Å². The van der Waals surface area contributed by atoms with Gasteiger partial charge in [-0.1, -0.05) is 26.8 Å². The Kier molecular flexibility index (Phi) is 4.30. The molecule has 3 fully saturated rings. The molecule has 154 valence electrons. The normalized spacial score (nSPS) is 52.5. The van der Waals surface area contributed by atoms with E-state index in [-0.39, 0.29) is 36.4 Å². The van der Waals surface area contributed by atoms with Crippen molar-refractivity contribution in [3.63, 3.8) is 0 Å². The fourth-order valence-corrected chi connectivity index (χ4v) is 7.36. The van der Waals surface area contributed by atoms with Gasteiger partial charge in [-0.2, -0.15) is 0 Å². The summed E-state index contributed by atoms with van der Waals surface area (Å²) >= 11 is 0. The molecule has 4 aliphatic rings. The zero-order valence-electron chi connectivity index (χ0n) is 16.5. The third kappa shape index (κ3) is 2.22. The Morgan fingerprint density at radius 3 is 2.64 bits per heavy atom. The molecule has 0 bridgehead atoms. The molecule has 0 amide bonds. The summed E-state index contributed by atoms with van der Waals surface area (Å²) in [7, 11) is 0. The highest BCUT2D eigenvalue weighted by atomic mass is 19.1. The van der Waals surface area contributed by atoms with Crippen LogP contribution in [0.3, 0.4) is 0 Å². The molecule has 6 heteroatoms. The molecular weight excluding hydrogens is 366 g/mol. The van der Waals surface area contributed by atoms with Gasteiger partial charge in [0.1, 0.15) is 11.8 Å². The van der Waals surface area contributed by atoms with Crippen LogP contribution in [0.2, 0.25) is 0 Å². The number of ketones is 2. The predicted octanol–water partition coefficient (Wildman–Crippen LogP) is 2.73. The Morgan fingerprint density at radius 2 is 2.00 bits per heavy atom. The van der Waals surface area contributed by atoms with Crippen molar-refractivity contribution >= 4 is 11.6 Å². The van der Waals surface area contributed by atoms with Crippen LogP contribution < -0.4 is 0 Å². The van der Waals surface area contributed by atoms with E-state index in [1.807, 2.05) is 6.92 Å². The van der Waals surface area contributed by atoms with Crippen molar-refractivity contribution < 1.29 is 28.6 Å². The molecule has 0 unspecified atom stereocenters. The van der Waals surface area contributed by atoms with E-state index in [9.17, 15) is 24.2 Å². The fourth-order valence-electron chi connectivity index (χ4n) is 7.36. The lowest BCUT2D eigenvalue weighted by Gasteiger charge is -2.60. The molecule has 0 spiro atoms. The topological polar surface area (TPSA) is 74.6 Å². The largest absolute Gasteiger partial charge is 0.393 e. The average Bonchev–Trinajstić information content (AvgIpc) is 2.83. The smallest absolute Gasteiger partial charge is 0.196 e. The molecule has 3 saturated carbocycles. The first-order valence-electron chi connectivity index (χ1n) is 10.1. The Labute approximate surface area is 163 Å². The SMILES string of the molecule is C[C@H]1C[C@H]2[C@@H]3C[C@H](F)C4=CC(=O)C=C[C@]4(C)[C@H]3[C@@H](O)C[C@]2(C)[C@@]1(O)C(=O)CF. The van der Waals surface area contributed by atoms with Crippen molar-refractivity contribution in [2.75, 3.05) is 6.67 Å². The van der Waals surface area contributed by atoms with Gasteiger partial charge < -0.3 is 10.2 Å². The van der Waals surface area contributed by atoms with E-state index in [2.05, 4.69) is 0 Å². The minimum atomic E-state index is -1.86. The Morgan fingerprint density at radius 1 is 1.32 bits per heavy atom. The minimum Gasteiger partial charge on any atom is -0.393 e. The van der Waals surface area contributed by atoms with Crippen LogP contribution in [-0.2, 0) is 9.59 Å². The monoisotopic (exact) mass is 394 g/mol. The van der Waals surface area contributed by atoms with Crippen molar-refractivity contribution in [1.29, 1.82) is 0 Å². The van der Waals surface area contributed by atoms with E-state index < -0.39 is 47.1 Å². The molecule has 0 heterocycles. The Bertz CT molecular complexity index is 791. The molecule has 2 N–H and O–H groups in total. The Balaban J connectivity index is 1.81. The summed E-state index contributed by atoms with van der Waals surface area (Å²) in [4.78, 5) is 24.2. The summed E-state index contributed by atoms with van der Waals surface area (Å²) < 4.78 is 28.5. The van der Waals surface area contributed by atoms with Gasteiger partial charge in [-0.25, -0.2) is 8.78 Å². The van der Waals surface area contributed by atoms with Crippen molar-refractivity contribution in [1.82, 2.24) is 0 Å². The molecule has 0 aliphatic heterocycles. The van der Waals surface area contributed by atoms with Crippen LogP contribution in [0.15, 0.2) is 23.8 Å². The van der Waals surface area contributed by atoms with Crippen LogP contribution in [0.1, 0.15) is 40.0 Å². The van der Waals surface area contributed by atoms with Gasteiger partial charge in [0.05, 0.1) is 6.10 Å². The Hall–Kier alpha value is -1.40. The number of rotatable bonds is 2. The first-order chi connectivity index (χ1) is 13.0. The lowest BCUT2D eigenvalue weighted by Crippen LogP contribution is -2.63. The second kappa shape index (κ2) is 6.05. The molecule has 28 heavy (non-hydrogen) atoms. The highest BCUT2D eigenvalue weighted by Gasteiger charge is 2.71. The number of Topliss-reactive ketones (excluding diaryl/α,β-unsaturated/α-hetero) is 1. The van der Waals surface area contributed by atoms with E-state index in [0.29, 0.717) is 12.0 Å². The zero-order valence-corrected chi connectivity index (χ0v) is 16.5. The summed E-state index contributed by atoms with van der Waals surface area (Å²) in [6.07, 6.45) is 3.03. The van der Waals surface area contributed by atoms with Crippen LogP contribution in [0.25, 0.3) is 0 Å². The molecule has 4 rings (SSSR count). The van der Waals surface area contributed by atoms with Crippen molar-refractivity contribution in [2.45, 2.75) is 57.9 Å². The number of alkyl halides is 2. The minimum absolute atomic E-state index is 0.136. The average molecular weight is 394 g/mol. The molecule has 4 aliphatic carbocycles. The maximum atomic E-state index is 15.2. The first kappa shape index (κ1) is 19.9. The van der Waals surface area contributed by atoms with Gasteiger partial charge >= 0.3 is 0 Å². The number of halogens is 2. The van der Waals surface area contributed by atoms with E-state index in [4.69, 9.17) is 0 Å². The van der Waals surface area contributed by atoms with Gasteiger partial charge in [0.15, 0.2) is 18.2 Å². The third-order valence-electron chi connectivity index (χ3n) is 8.60. The van der Waals surface area contributed by atoms with Crippen molar-refractivity contribution in [3.8, 4) is 0 Å². The number of carbonyl (C=O) groups is 2. The van der Waals surface area contributed by atoms with Crippen LogP contribution >= 0.6 is 0 Å². The molecule has 4 nitrogen and oxygen atoms in total. The summed E-state index contributed by atoms with van der Waals surface area (Å²) in [6, 6.07) is 0. The highest BCUT2D eigenvalue weighted by Crippen LogP contribution is 2.68. The van der Waals surface area contributed by atoms with Gasteiger partial charge in [0.2, 0.25) is 0 Å². The molecule has 9 atom stereocenters. The second-order valence-electron chi connectivity index (χ2n) is 9.77. The second-order valence-corrected chi connectivity index (χ2v) is 9.77. The van der Waals surface area contributed by atoms with E-state index >= 15 is 4.39 Å². The van der Waals surface area contributed by atoms with Gasteiger partial charge in [-0.05, 0) is 54.7 Å². The highest BCUT2D eigenvalue weighted by molar-refractivity contribution is 6.01. The van der Waals surface area contributed by atoms with E-state index in [1.54, 1.807) is 19.9 Å². The number of allylic oxidation sites excluding steroid dienone is 4. The summed E-state index contributed by atoms with van der Waals surface area (Å²) in [5, 5.41) is 22.5. The van der Waals surface area contributed by atoms with Crippen molar-refractivity contribution in [2.24, 2.45) is 34.5 Å². The first-order valence-corrected chi connectivity index (χ1v) is 10.1. The lowest BCUT2D eigenvalue weighted by atomic mass is 9.46. The van der Waals surface area contributed by atoms with Crippen LogP contribution in [0.5, 0.6) is 0 Å². The van der Waals surface area contributed by atoms with Crippen molar-refractivity contribution in [3.05, 3.63) is 23.8 Å². The quantitative estimate of drug-likeness (QED) is 0.755. The number of aliphatic hydroxyl groups excluding tert-OH is 1. The van der Waals surface area contributed by atoms with Gasteiger partial charge in [-0.15, -0.1) is 0 Å². The van der Waals surface area contributed by atoms with Gasteiger partial charge in [0, 0.05) is 16.7 Å². The number of hydrogen-bond acceptors (Lipinski definition) is 4. The zero-order chi connectivity index (χ0) is 20.6. The summed E-state index contributed by atoms with van der Waals surface area (Å²) in [5.74, 6) is -2.36. The van der Waals surface area contributed by atoms with Gasteiger partial charge in [0.25, 0.3) is 0 Å². The molecule has 0 aromatic carbocycles. The van der Waals surface area contributed by atoms with Gasteiger partial charge in [-0.3, -0.25) is 9.59 Å². The summed E-state index contributed by atoms with van der Waals surface area (Å²) in [5.41, 5.74) is -3.25. The number of aliphatic hydroxyl groups is 2. The lowest BCUT2D eigenvalue weighted by molar-refractivity contribution is -0.184. The van der Waals surface area contributed by atoms with Crippen LogP contribution in [-0.4, -0.2) is 46.3 Å². The number of carbonyl (C=O) groups excluding carboxylic acids is 2. The number of fused-ring (bicyclic) bond motifs is 5. The molecule has 0 radical (unpaired) electrons. The molecule has 0 aromatic rings. The van der Waals surface area contributed by atoms with Crippen LogP contribution in [0, 0.1) is 34.5 Å². The van der Waals surface area contributed by atoms with E-state index in [1.165, 1.54) is 12.2 Å².